The molecule has 116 valence electrons. The smallest absolute Gasteiger partial charge is 0.416 e. The van der Waals surface area contributed by atoms with E-state index >= 15 is 0 Å². The Kier molecular flexibility index (Phi) is 4.40. The van der Waals surface area contributed by atoms with Crippen LogP contribution in [0, 0.1) is 6.92 Å². The van der Waals surface area contributed by atoms with Crippen LogP contribution in [0.15, 0.2) is 42.5 Å². The quantitative estimate of drug-likeness (QED) is 0.884. The SMILES string of the molecule is Cc1cccc(CNc2ccc(C(F)(F)F)cc2C(=O)O)c1. The van der Waals surface area contributed by atoms with Crippen LogP contribution in [0.4, 0.5) is 18.9 Å². The van der Waals surface area contributed by atoms with Gasteiger partial charge in [0.25, 0.3) is 0 Å². The number of hydrogen-bond donors (Lipinski definition) is 2. The molecule has 2 aromatic rings. The fourth-order valence-corrected chi connectivity index (χ4v) is 2.07. The second-order valence-electron chi connectivity index (χ2n) is 4.91. The minimum atomic E-state index is -4.57. The molecule has 0 heterocycles. The summed E-state index contributed by atoms with van der Waals surface area (Å²) in [5, 5.41) is 12.0. The van der Waals surface area contributed by atoms with E-state index in [1.165, 1.54) is 0 Å². The molecule has 0 aliphatic heterocycles. The summed E-state index contributed by atoms with van der Waals surface area (Å²) in [5.41, 5.74) is 0.733. The molecule has 0 aliphatic carbocycles. The van der Waals surface area contributed by atoms with Gasteiger partial charge in [-0.3, -0.25) is 0 Å². The Bertz CT molecular complexity index is 696. The lowest BCUT2D eigenvalue weighted by atomic mass is 10.1. The maximum absolute atomic E-state index is 12.6. The van der Waals surface area contributed by atoms with Crippen LogP contribution in [0.3, 0.4) is 0 Å². The first-order chi connectivity index (χ1) is 10.3. The molecule has 0 radical (unpaired) electrons. The van der Waals surface area contributed by atoms with Gasteiger partial charge in [0.2, 0.25) is 0 Å². The number of carboxylic acids is 1. The number of carbonyl (C=O) groups is 1. The lowest BCUT2D eigenvalue weighted by molar-refractivity contribution is -0.137. The molecule has 6 heteroatoms. The zero-order chi connectivity index (χ0) is 16.3. The van der Waals surface area contributed by atoms with Gasteiger partial charge in [-0.1, -0.05) is 29.8 Å². The van der Waals surface area contributed by atoms with Crippen LogP contribution in [0.5, 0.6) is 0 Å². The second kappa shape index (κ2) is 6.09. The average molecular weight is 309 g/mol. The molecule has 0 saturated carbocycles. The zero-order valence-corrected chi connectivity index (χ0v) is 11.7. The van der Waals surface area contributed by atoms with Crippen molar-refractivity contribution in [2.75, 3.05) is 5.32 Å². The maximum Gasteiger partial charge on any atom is 0.416 e. The maximum atomic E-state index is 12.6. The molecule has 0 spiro atoms. The van der Waals surface area contributed by atoms with E-state index in [1.54, 1.807) is 0 Å². The Morgan fingerprint density at radius 2 is 1.91 bits per heavy atom. The average Bonchev–Trinajstić information content (AvgIpc) is 2.44. The van der Waals surface area contributed by atoms with E-state index in [9.17, 15) is 18.0 Å². The molecule has 2 rings (SSSR count). The number of rotatable bonds is 4. The molecule has 0 saturated heterocycles. The van der Waals surface area contributed by atoms with Crippen molar-refractivity contribution in [2.45, 2.75) is 19.6 Å². The minimum Gasteiger partial charge on any atom is -0.478 e. The molecule has 2 aromatic carbocycles. The Labute approximate surface area is 125 Å². The largest absolute Gasteiger partial charge is 0.478 e. The lowest BCUT2D eigenvalue weighted by Gasteiger charge is -2.13. The monoisotopic (exact) mass is 309 g/mol. The van der Waals surface area contributed by atoms with Crippen molar-refractivity contribution < 1.29 is 23.1 Å². The molecule has 22 heavy (non-hydrogen) atoms. The topological polar surface area (TPSA) is 49.3 Å². The van der Waals surface area contributed by atoms with E-state index in [-0.39, 0.29) is 5.69 Å². The third-order valence-electron chi connectivity index (χ3n) is 3.14. The Morgan fingerprint density at radius 1 is 1.18 bits per heavy atom. The first-order valence-corrected chi connectivity index (χ1v) is 6.51. The van der Waals surface area contributed by atoms with E-state index < -0.39 is 23.3 Å². The highest BCUT2D eigenvalue weighted by Gasteiger charge is 2.31. The van der Waals surface area contributed by atoms with E-state index in [4.69, 9.17) is 5.11 Å². The second-order valence-corrected chi connectivity index (χ2v) is 4.91. The summed E-state index contributed by atoms with van der Waals surface area (Å²) in [4.78, 5) is 11.2. The summed E-state index contributed by atoms with van der Waals surface area (Å²) in [6.07, 6.45) is -4.57. The highest BCUT2D eigenvalue weighted by molar-refractivity contribution is 5.94. The number of aryl methyl sites for hydroxylation is 1. The molecular weight excluding hydrogens is 295 g/mol. The first-order valence-electron chi connectivity index (χ1n) is 6.51. The van der Waals surface area contributed by atoms with Crippen LogP contribution in [-0.2, 0) is 12.7 Å². The molecule has 0 bridgehead atoms. The molecule has 3 nitrogen and oxygen atoms in total. The minimum absolute atomic E-state index is 0.155. The number of benzene rings is 2. The molecule has 2 N–H and O–H groups in total. The number of nitrogens with one attached hydrogen (secondary N) is 1. The van der Waals surface area contributed by atoms with Gasteiger partial charge in [-0.05, 0) is 30.7 Å². The van der Waals surface area contributed by atoms with Crippen molar-refractivity contribution in [1.82, 2.24) is 0 Å². The van der Waals surface area contributed by atoms with Gasteiger partial charge in [-0.15, -0.1) is 0 Å². The fourth-order valence-electron chi connectivity index (χ4n) is 2.07. The fraction of sp³-hybridized carbons (Fsp3) is 0.188. The van der Waals surface area contributed by atoms with Gasteiger partial charge in [0.05, 0.1) is 11.1 Å². The first kappa shape index (κ1) is 15.9. The summed E-state index contributed by atoms with van der Waals surface area (Å²) in [7, 11) is 0. The van der Waals surface area contributed by atoms with Crippen LogP contribution in [-0.4, -0.2) is 11.1 Å². The van der Waals surface area contributed by atoms with E-state index in [1.807, 2.05) is 31.2 Å². The standard InChI is InChI=1S/C16H14F3NO2/c1-10-3-2-4-11(7-10)9-20-14-6-5-12(16(17,18)19)8-13(14)15(21)22/h2-8,20H,9H2,1H3,(H,21,22). The van der Waals surface area contributed by atoms with Gasteiger partial charge in [-0.25, -0.2) is 4.79 Å². The van der Waals surface area contributed by atoms with Crippen LogP contribution >= 0.6 is 0 Å². The van der Waals surface area contributed by atoms with Gasteiger partial charge in [0.1, 0.15) is 0 Å². The third-order valence-corrected chi connectivity index (χ3v) is 3.14. The van der Waals surface area contributed by atoms with Crippen LogP contribution in [0.2, 0.25) is 0 Å². The summed E-state index contributed by atoms with van der Waals surface area (Å²) in [6, 6.07) is 10.2. The Morgan fingerprint density at radius 3 is 2.50 bits per heavy atom. The summed E-state index contributed by atoms with van der Waals surface area (Å²) < 4.78 is 37.9. The van der Waals surface area contributed by atoms with Crippen LogP contribution in [0.1, 0.15) is 27.0 Å². The predicted octanol–water partition coefficient (Wildman–Crippen LogP) is 4.32. The lowest BCUT2D eigenvalue weighted by Crippen LogP contribution is -2.11. The molecule has 0 unspecified atom stereocenters. The zero-order valence-electron chi connectivity index (χ0n) is 11.7. The van der Waals surface area contributed by atoms with Gasteiger partial charge >= 0.3 is 12.1 Å². The van der Waals surface area contributed by atoms with Crippen molar-refractivity contribution in [1.29, 1.82) is 0 Å². The molecule has 0 atom stereocenters. The van der Waals surface area contributed by atoms with E-state index in [2.05, 4.69) is 5.32 Å². The molecular formula is C16H14F3NO2. The summed E-state index contributed by atoms with van der Waals surface area (Å²) >= 11 is 0. The van der Waals surface area contributed by atoms with Gasteiger partial charge in [-0.2, -0.15) is 13.2 Å². The number of anilines is 1. The van der Waals surface area contributed by atoms with Crippen LogP contribution < -0.4 is 5.32 Å². The summed E-state index contributed by atoms with van der Waals surface area (Å²) in [6.45, 7) is 2.25. The highest BCUT2D eigenvalue weighted by atomic mass is 19.4. The van der Waals surface area contributed by atoms with E-state index in [0.717, 1.165) is 23.3 Å². The van der Waals surface area contributed by atoms with Crippen LogP contribution in [0.25, 0.3) is 0 Å². The number of aromatic carboxylic acids is 1. The van der Waals surface area contributed by atoms with Crippen molar-refractivity contribution in [3.8, 4) is 0 Å². The van der Waals surface area contributed by atoms with Crippen molar-refractivity contribution >= 4 is 11.7 Å². The summed E-state index contributed by atoms with van der Waals surface area (Å²) in [5.74, 6) is -1.40. The number of hydrogen-bond acceptors (Lipinski definition) is 2. The van der Waals surface area contributed by atoms with Gasteiger partial charge in [0.15, 0.2) is 0 Å². The van der Waals surface area contributed by atoms with Gasteiger partial charge < -0.3 is 10.4 Å². The molecule has 0 aromatic heterocycles. The van der Waals surface area contributed by atoms with E-state index in [0.29, 0.717) is 12.6 Å². The van der Waals surface area contributed by atoms with Crippen molar-refractivity contribution in [2.24, 2.45) is 0 Å². The molecule has 0 aliphatic rings. The predicted molar refractivity (Wildman–Crippen MR) is 76.9 cm³/mol. The molecule has 0 amide bonds. The normalized spacial score (nSPS) is 11.3. The highest BCUT2D eigenvalue weighted by Crippen LogP contribution is 2.32. The van der Waals surface area contributed by atoms with Crippen molar-refractivity contribution in [3.63, 3.8) is 0 Å². The molecule has 0 fully saturated rings. The Hall–Kier alpha value is -2.50. The number of carboxylic acid groups (broad SMARTS) is 1. The van der Waals surface area contributed by atoms with Gasteiger partial charge in [0, 0.05) is 12.2 Å². The Balaban J connectivity index is 2.25. The third kappa shape index (κ3) is 3.78. The van der Waals surface area contributed by atoms with Crippen molar-refractivity contribution in [3.05, 3.63) is 64.7 Å². The number of alkyl halides is 3. The number of halogens is 3.